The number of carbonyl (C=O) groups excluding carboxylic acids is 1. The number of nitrogens with one attached hydrogen (secondary N) is 1. The number of rotatable bonds is 2. The fourth-order valence-corrected chi connectivity index (χ4v) is 2.19. The van der Waals surface area contributed by atoms with Crippen LogP contribution in [0.4, 0.5) is 0 Å². The summed E-state index contributed by atoms with van der Waals surface area (Å²) in [5.74, 6) is -0.260. The molecule has 1 aromatic carbocycles. The molecule has 1 saturated heterocycles. The Balaban J connectivity index is 2.34. The van der Waals surface area contributed by atoms with Gasteiger partial charge in [0.05, 0.1) is 0 Å². The SMILES string of the molecule is N#C/C(C(=O)c1cccc(Cl)c1)=C1/CCCCN1. The topological polar surface area (TPSA) is 52.9 Å². The Morgan fingerprint density at radius 2 is 2.22 bits per heavy atom. The minimum atomic E-state index is -0.260. The number of halogens is 1. The molecule has 0 unspecified atom stereocenters. The maximum atomic E-state index is 12.2. The molecular formula is C14H13ClN2O. The summed E-state index contributed by atoms with van der Waals surface area (Å²) in [6.45, 7) is 0.823. The summed E-state index contributed by atoms with van der Waals surface area (Å²) in [7, 11) is 0. The van der Waals surface area contributed by atoms with Crippen molar-refractivity contribution in [3.05, 3.63) is 46.1 Å². The second-order valence-corrected chi connectivity index (χ2v) is 4.63. The van der Waals surface area contributed by atoms with Crippen LogP contribution in [0.5, 0.6) is 0 Å². The Morgan fingerprint density at radius 1 is 1.39 bits per heavy atom. The maximum Gasteiger partial charge on any atom is 0.205 e. The molecule has 92 valence electrons. The van der Waals surface area contributed by atoms with Crippen LogP contribution < -0.4 is 5.32 Å². The highest BCUT2D eigenvalue weighted by Gasteiger charge is 2.18. The molecule has 1 aliphatic rings. The van der Waals surface area contributed by atoms with Crippen molar-refractivity contribution in [3.8, 4) is 6.07 Å². The molecule has 2 rings (SSSR count). The summed E-state index contributed by atoms with van der Waals surface area (Å²) in [4.78, 5) is 12.2. The summed E-state index contributed by atoms with van der Waals surface area (Å²) < 4.78 is 0. The van der Waals surface area contributed by atoms with E-state index >= 15 is 0 Å². The van der Waals surface area contributed by atoms with Crippen LogP contribution >= 0.6 is 11.6 Å². The molecule has 1 fully saturated rings. The van der Waals surface area contributed by atoms with E-state index in [9.17, 15) is 10.1 Å². The predicted molar refractivity (Wildman–Crippen MR) is 70.3 cm³/mol. The molecule has 1 heterocycles. The molecule has 1 N–H and O–H groups in total. The van der Waals surface area contributed by atoms with Gasteiger partial charge in [0.25, 0.3) is 0 Å². The highest BCUT2D eigenvalue weighted by molar-refractivity contribution is 6.31. The Bertz CT molecular complexity index is 535. The number of nitrogens with zero attached hydrogens (tertiary/aromatic N) is 1. The van der Waals surface area contributed by atoms with Crippen molar-refractivity contribution < 1.29 is 4.79 Å². The number of hydrogen-bond acceptors (Lipinski definition) is 3. The molecule has 0 aromatic heterocycles. The van der Waals surface area contributed by atoms with Gasteiger partial charge in [-0.25, -0.2) is 0 Å². The number of Topliss-reactive ketones (excluding diaryl/α,β-unsaturated/α-hetero) is 1. The summed E-state index contributed by atoms with van der Waals surface area (Å²) >= 11 is 5.86. The molecule has 3 nitrogen and oxygen atoms in total. The minimum absolute atomic E-state index is 0.206. The lowest BCUT2D eigenvalue weighted by Crippen LogP contribution is -2.23. The number of ketones is 1. The average Bonchev–Trinajstić information content (AvgIpc) is 2.41. The highest BCUT2D eigenvalue weighted by atomic mass is 35.5. The normalized spacial score (nSPS) is 17.6. The summed E-state index contributed by atoms with van der Waals surface area (Å²) in [6, 6.07) is 8.69. The van der Waals surface area contributed by atoms with Crippen molar-refractivity contribution in [1.29, 1.82) is 5.26 Å². The molecule has 18 heavy (non-hydrogen) atoms. The van der Waals surface area contributed by atoms with Crippen LogP contribution in [0.2, 0.25) is 5.02 Å². The van der Waals surface area contributed by atoms with Crippen LogP contribution in [0.1, 0.15) is 29.6 Å². The Morgan fingerprint density at radius 3 is 2.83 bits per heavy atom. The zero-order chi connectivity index (χ0) is 13.0. The largest absolute Gasteiger partial charge is 0.387 e. The van der Waals surface area contributed by atoms with Gasteiger partial charge in [-0.1, -0.05) is 23.7 Å². The van der Waals surface area contributed by atoms with Crippen LogP contribution in [0, 0.1) is 11.3 Å². The third kappa shape index (κ3) is 2.72. The third-order valence-electron chi connectivity index (χ3n) is 2.92. The second-order valence-electron chi connectivity index (χ2n) is 4.19. The number of carbonyl (C=O) groups is 1. The van der Waals surface area contributed by atoms with Gasteiger partial charge in [-0.05, 0) is 31.4 Å². The smallest absolute Gasteiger partial charge is 0.205 e. The lowest BCUT2D eigenvalue weighted by molar-refractivity contribution is 0.103. The molecule has 0 amide bonds. The van der Waals surface area contributed by atoms with E-state index in [1.54, 1.807) is 24.3 Å². The average molecular weight is 261 g/mol. The van der Waals surface area contributed by atoms with Gasteiger partial charge in [0.2, 0.25) is 5.78 Å². The Kier molecular flexibility index (Phi) is 4.01. The van der Waals surface area contributed by atoms with Gasteiger partial charge in [-0.3, -0.25) is 4.79 Å². The molecule has 0 atom stereocenters. The summed E-state index contributed by atoms with van der Waals surface area (Å²) in [5, 5.41) is 12.8. The van der Waals surface area contributed by atoms with Crippen molar-refractivity contribution in [3.63, 3.8) is 0 Å². The van der Waals surface area contributed by atoms with E-state index < -0.39 is 0 Å². The van der Waals surface area contributed by atoms with Gasteiger partial charge < -0.3 is 5.32 Å². The predicted octanol–water partition coefficient (Wildman–Crippen LogP) is 3.07. The molecule has 0 radical (unpaired) electrons. The lowest BCUT2D eigenvalue weighted by atomic mass is 9.98. The molecule has 0 aliphatic carbocycles. The monoisotopic (exact) mass is 260 g/mol. The van der Waals surface area contributed by atoms with Gasteiger partial charge in [-0.2, -0.15) is 5.26 Å². The van der Waals surface area contributed by atoms with Gasteiger partial charge >= 0.3 is 0 Å². The molecule has 1 aromatic rings. The summed E-state index contributed by atoms with van der Waals surface area (Å²) in [6.07, 6.45) is 2.85. The quantitative estimate of drug-likeness (QED) is 0.505. The fraction of sp³-hybridized carbons (Fsp3) is 0.286. The van der Waals surface area contributed by atoms with Crippen molar-refractivity contribution in [2.75, 3.05) is 6.54 Å². The van der Waals surface area contributed by atoms with Gasteiger partial charge in [0, 0.05) is 22.8 Å². The maximum absolute atomic E-state index is 12.2. The number of benzene rings is 1. The number of allylic oxidation sites excluding steroid dienone is 2. The minimum Gasteiger partial charge on any atom is -0.387 e. The first-order chi connectivity index (χ1) is 8.72. The first-order valence-electron chi connectivity index (χ1n) is 5.90. The molecule has 0 bridgehead atoms. The highest BCUT2D eigenvalue weighted by Crippen LogP contribution is 2.19. The van der Waals surface area contributed by atoms with E-state index in [2.05, 4.69) is 5.32 Å². The van der Waals surface area contributed by atoms with E-state index in [1.807, 2.05) is 6.07 Å². The van der Waals surface area contributed by atoms with Crippen molar-refractivity contribution in [2.24, 2.45) is 0 Å². The first-order valence-corrected chi connectivity index (χ1v) is 6.27. The third-order valence-corrected chi connectivity index (χ3v) is 3.15. The van der Waals surface area contributed by atoms with Crippen LogP contribution in [0.15, 0.2) is 35.5 Å². The lowest BCUT2D eigenvalue weighted by Gasteiger charge is -2.17. The summed E-state index contributed by atoms with van der Waals surface area (Å²) in [5.41, 5.74) is 1.42. The zero-order valence-electron chi connectivity index (χ0n) is 9.87. The van der Waals surface area contributed by atoms with E-state index in [-0.39, 0.29) is 11.4 Å². The molecule has 0 spiro atoms. The van der Waals surface area contributed by atoms with E-state index in [4.69, 9.17) is 11.6 Å². The van der Waals surface area contributed by atoms with E-state index in [1.165, 1.54) is 0 Å². The number of hydrogen-bond donors (Lipinski definition) is 1. The van der Waals surface area contributed by atoms with Crippen LogP contribution in [0.3, 0.4) is 0 Å². The zero-order valence-corrected chi connectivity index (χ0v) is 10.6. The van der Waals surface area contributed by atoms with Crippen LogP contribution in [0.25, 0.3) is 0 Å². The second kappa shape index (κ2) is 5.70. The van der Waals surface area contributed by atoms with E-state index in [0.29, 0.717) is 10.6 Å². The first kappa shape index (κ1) is 12.7. The van der Waals surface area contributed by atoms with Gasteiger partial charge in [0.1, 0.15) is 11.6 Å². The van der Waals surface area contributed by atoms with Crippen LogP contribution in [-0.2, 0) is 0 Å². The van der Waals surface area contributed by atoms with Gasteiger partial charge in [-0.15, -0.1) is 0 Å². The molecule has 1 aliphatic heterocycles. The molecular weight excluding hydrogens is 248 g/mol. The van der Waals surface area contributed by atoms with Crippen LogP contribution in [-0.4, -0.2) is 12.3 Å². The van der Waals surface area contributed by atoms with Gasteiger partial charge in [0.15, 0.2) is 0 Å². The number of nitriles is 1. The van der Waals surface area contributed by atoms with Crippen molar-refractivity contribution in [1.82, 2.24) is 5.32 Å². The Hall–Kier alpha value is -1.79. The number of piperidine rings is 1. The van der Waals surface area contributed by atoms with Crippen molar-refractivity contribution >= 4 is 17.4 Å². The van der Waals surface area contributed by atoms with E-state index in [0.717, 1.165) is 31.5 Å². The fourth-order valence-electron chi connectivity index (χ4n) is 2.00. The molecule has 4 heteroatoms. The standard InChI is InChI=1S/C14H13ClN2O/c15-11-5-3-4-10(8-11)14(18)12(9-16)13-6-1-2-7-17-13/h3-5,8,17H,1-2,6-7H2/b13-12+. The molecule has 0 saturated carbocycles. The van der Waals surface area contributed by atoms with Crippen molar-refractivity contribution in [2.45, 2.75) is 19.3 Å². The Labute approximate surface area is 111 Å².